The van der Waals surface area contributed by atoms with Crippen LogP contribution >= 0.6 is 11.8 Å². The van der Waals surface area contributed by atoms with Gasteiger partial charge in [0.2, 0.25) is 11.8 Å². The summed E-state index contributed by atoms with van der Waals surface area (Å²) < 4.78 is 25.2. The SMILES string of the molecule is CC(=O)NNS(=O)(=O)N1CC(SC2=C(C(=O)O)N3C(=O)[C@H]([C@@H](C)O)[C@H]3[C@H]2C)C1. The van der Waals surface area contributed by atoms with Gasteiger partial charge in [-0.15, -0.1) is 16.6 Å². The zero-order valence-electron chi connectivity index (χ0n) is 15.4. The molecule has 13 heteroatoms. The number of fused-ring (bicyclic) bond motifs is 1. The number of hydrazine groups is 1. The van der Waals surface area contributed by atoms with E-state index in [4.69, 9.17) is 0 Å². The number of carbonyl (C=O) groups is 3. The molecule has 0 radical (unpaired) electrons. The number of nitrogens with one attached hydrogen (secondary N) is 2. The Morgan fingerprint density at radius 1 is 1.32 bits per heavy atom. The van der Waals surface area contributed by atoms with E-state index in [9.17, 15) is 33.0 Å². The summed E-state index contributed by atoms with van der Waals surface area (Å²) in [5.41, 5.74) is 1.93. The molecule has 2 amide bonds. The van der Waals surface area contributed by atoms with Gasteiger partial charge in [-0.3, -0.25) is 15.0 Å². The predicted octanol–water partition coefficient (Wildman–Crippen LogP) is -1.56. The highest BCUT2D eigenvalue weighted by atomic mass is 32.2. The van der Waals surface area contributed by atoms with E-state index in [-0.39, 0.29) is 30.0 Å². The second-order valence-corrected chi connectivity index (χ2v) is 10.1. The summed E-state index contributed by atoms with van der Waals surface area (Å²) in [4.78, 5) is 38.6. The molecule has 4 N–H and O–H groups in total. The zero-order chi connectivity index (χ0) is 21.0. The van der Waals surface area contributed by atoms with Gasteiger partial charge in [-0.25, -0.2) is 4.79 Å². The number of carboxylic acids is 1. The first-order valence-corrected chi connectivity index (χ1v) is 11.0. The largest absolute Gasteiger partial charge is 0.477 e. The number of rotatable bonds is 7. The van der Waals surface area contributed by atoms with Crippen molar-refractivity contribution in [2.75, 3.05) is 13.1 Å². The van der Waals surface area contributed by atoms with Crippen LogP contribution < -0.4 is 10.3 Å². The van der Waals surface area contributed by atoms with Gasteiger partial charge in [0.25, 0.3) is 10.2 Å². The van der Waals surface area contributed by atoms with E-state index in [0.29, 0.717) is 4.91 Å². The normalized spacial score (nSPS) is 29.2. The molecule has 11 nitrogen and oxygen atoms in total. The number of aliphatic hydroxyl groups is 1. The number of nitrogens with zero attached hydrogens (tertiary/aromatic N) is 2. The van der Waals surface area contributed by atoms with Crippen LogP contribution in [-0.2, 0) is 24.6 Å². The highest BCUT2D eigenvalue weighted by Crippen LogP contribution is 2.51. The smallest absolute Gasteiger partial charge is 0.353 e. The minimum atomic E-state index is -3.86. The summed E-state index contributed by atoms with van der Waals surface area (Å²) in [6, 6.07) is -0.401. The third kappa shape index (κ3) is 3.41. The number of hydrogen-bond donors (Lipinski definition) is 4. The molecular weight excluding hydrogens is 412 g/mol. The second-order valence-electron chi connectivity index (χ2n) is 7.12. The number of amides is 2. The number of carboxylic acid groups (broad SMARTS) is 1. The number of aliphatic hydroxyl groups excluding tert-OH is 1. The first-order valence-electron chi connectivity index (χ1n) is 8.64. The maximum absolute atomic E-state index is 12.3. The third-order valence-electron chi connectivity index (χ3n) is 5.12. The first kappa shape index (κ1) is 21.0. The van der Waals surface area contributed by atoms with Gasteiger partial charge in [-0.05, 0) is 6.92 Å². The molecule has 4 atom stereocenters. The molecule has 0 spiro atoms. The molecule has 3 aliphatic heterocycles. The van der Waals surface area contributed by atoms with Crippen molar-refractivity contribution < 1.29 is 33.0 Å². The van der Waals surface area contributed by atoms with Crippen LogP contribution in [0.3, 0.4) is 0 Å². The Balaban J connectivity index is 1.69. The fourth-order valence-electron chi connectivity index (χ4n) is 3.73. The topological polar surface area (TPSA) is 156 Å². The summed E-state index contributed by atoms with van der Waals surface area (Å²) in [5.74, 6) is -3.07. The molecule has 0 saturated carbocycles. The Bertz CT molecular complexity index is 850. The van der Waals surface area contributed by atoms with Gasteiger partial charge in [-0.2, -0.15) is 12.7 Å². The van der Waals surface area contributed by atoms with Crippen molar-refractivity contribution in [3.63, 3.8) is 0 Å². The summed E-state index contributed by atoms with van der Waals surface area (Å²) in [7, 11) is -3.86. The molecular formula is C15H22N4O7S2. The Morgan fingerprint density at radius 2 is 1.93 bits per heavy atom. The number of aliphatic carboxylic acids is 1. The molecule has 0 bridgehead atoms. The molecule has 156 valence electrons. The van der Waals surface area contributed by atoms with Crippen molar-refractivity contribution in [1.82, 2.24) is 19.5 Å². The minimum Gasteiger partial charge on any atom is -0.477 e. The Hall–Kier alpha value is -1.67. The van der Waals surface area contributed by atoms with Crippen molar-refractivity contribution >= 4 is 39.8 Å². The second kappa shape index (κ2) is 7.30. The van der Waals surface area contributed by atoms with Gasteiger partial charge in [0.15, 0.2) is 0 Å². The van der Waals surface area contributed by atoms with E-state index < -0.39 is 46.1 Å². The average molecular weight is 434 g/mol. The lowest BCUT2D eigenvalue weighted by Gasteiger charge is -2.46. The summed E-state index contributed by atoms with van der Waals surface area (Å²) in [6.07, 6.45) is -0.875. The number of hydrogen-bond acceptors (Lipinski definition) is 7. The average Bonchev–Trinajstić information content (AvgIpc) is 2.77. The van der Waals surface area contributed by atoms with Gasteiger partial charge in [0.1, 0.15) is 5.70 Å². The van der Waals surface area contributed by atoms with Crippen LogP contribution in [-0.4, -0.2) is 76.1 Å². The first-order chi connectivity index (χ1) is 13.0. The Kier molecular flexibility index (Phi) is 5.49. The highest BCUT2D eigenvalue weighted by Gasteiger charge is 2.60. The third-order valence-corrected chi connectivity index (χ3v) is 7.90. The van der Waals surface area contributed by atoms with Gasteiger partial charge in [0, 0.05) is 36.1 Å². The number of β-lactam (4-membered cyclic amide) rings is 1. The van der Waals surface area contributed by atoms with Crippen molar-refractivity contribution in [2.45, 2.75) is 38.2 Å². The number of carbonyl (C=O) groups excluding carboxylic acids is 2. The molecule has 28 heavy (non-hydrogen) atoms. The summed E-state index contributed by atoms with van der Waals surface area (Å²) >= 11 is 1.25. The zero-order valence-corrected chi connectivity index (χ0v) is 17.1. The van der Waals surface area contributed by atoms with Crippen LogP contribution in [0.1, 0.15) is 20.8 Å². The summed E-state index contributed by atoms with van der Waals surface area (Å²) in [6.45, 7) is 4.77. The standard InChI is InChI=1S/C15H22N4O7S2/c1-6-11-10(7(2)20)14(22)19(11)12(15(23)24)13(6)27-9-4-18(5-9)28(25,26)17-16-8(3)21/h6-7,9-11,17,20H,4-5H2,1-3H3,(H,16,21)(H,23,24)/t6-,7-,10-,11-/m1/s1. The molecule has 3 aliphatic rings. The minimum absolute atomic E-state index is 0.0814. The van der Waals surface area contributed by atoms with Crippen molar-refractivity contribution in [2.24, 2.45) is 11.8 Å². The molecule has 0 aromatic rings. The maximum Gasteiger partial charge on any atom is 0.353 e. The van der Waals surface area contributed by atoms with E-state index in [1.807, 2.05) is 17.2 Å². The maximum atomic E-state index is 12.3. The van der Waals surface area contributed by atoms with E-state index in [1.165, 1.54) is 30.5 Å². The van der Waals surface area contributed by atoms with Gasteiger partial charge in [0.05, 0.1) is 18.1 Å². The van der Waals surface area contributed by atoms with Crippen LogP contribution in [0.5, 0.6) is 0 Å². The van der Waals surface area contributed by atoms with Gasteiger partial charge >= 0.3 is 5.97 Å². The molecule has 0 aliphatic carbocycles. The van der Waals surface area contributed by atoms with E-state index in [2.05, 4.69) is 0 Å². The van der Waals surface area contributed by atoms with Gasteiger partial charge in [-0.1, -0.05) is 6.92 Å². The monoisotopic (exact) mass is 434 g/mol. The number of thioether (sulfide) groups is 1. The van der Waals surface area contributed by atoms with E-state index in [1.54, 1.807) is 0 Å². The molecule has 3 heterocycles. The summed E-state index contributed by atoms with van der Waals surface area (Å²) in [5, 5.41) is 19.2. The fraction of sp³-hybridized carbons (Fsp3) is 0.667. The molecule has 2 saturated heterocycles. The Morgan fingerprint density at radius 3 is 2.43 bits per heavy atom. The van der Waals surface area contributed by atoms with Crippen molar-refractivity contribution in [3.8, 4) is 0 Å². The van der Waals surface area contributed by atoms with E-state index >= 15 is 0 Å². The predicted molar refractivity (Wildman–Crippen MR) is 98.5 cm³/mol. The van der Waals surface area contributed by atoms with Crippen LogP contribution in [0.4, 0.5) is 0 Å². The lowest BCUT2D eigenvalue weighted by atomic mass is 9.79. The van der Waals surface area contributed by atoms with Crippen LogP contribution in [0, 0.1) is 11.8 Å². The lowest BCUT2D eigenvalue weighted by molar-refractivity contribution is -0.163. The van der Waals surface area contributed by atoms with Crippen LogP contribution in [0.25, 0.3) is 0 Å². The molecule has 0 unspecified atom stereocenters. The van der Waals surface area contributed by atoms with Gasteiger partial charge < -0.3 is 15.1 Å². The molecule has 2 fully saturated rings. The van der Waals surface area contributed by atoms with Crippen LogP contribution in [0.2, 0.25) is 0 Å². The lowest BCUT2D eigenvalue weighted by Crippen LogP contribution is -2.63. The Labute approximate surface area is 166 Å². The molecule has 0 aromatic heterocycles. The highest BCUT2D eigenvalue weighted by molar-refractivity contribution is 8.04. The fourth-order valence-corrected chi connectivity index (χ4v) is 6.59. The van der Waals surface area contributed by atoms with E-state index in [0.717, 1.165) is 4.31 Å². The van der Waals surface area contributed by atoms with Crippen LogP contribution in [0.15, 0.2) is 10.6 Å². The van der Waals surface area contributed by atoms with Crippen molar-refractivity contribution in [3.05, 3.63) is 10.6 Å². The molecule has 3 rings (SSSR count). The molecule has 0 aromatic carbocycles. The van der Waals surface area contributed by atoms with Crippen molar-refractivity contribution in [1.29, 1.82) is 0 Å². The quantitative estimate of drug-likeness (QED) is 0.277.